The van der Waals surface area contributed by atoms with E-state index in [-0.39, 0.29) is 18.0 Å². The number of fused-ring (bicyclic) bond motifs is 3. The molecule has 3 aromatic rings. The predicted octanol–water partition coefficient (Wildman–Crippen LogP) is 2.91. The first kappa shape index (κ1) is 17.7. The lowest BCUT2D eigenvalue weighted by Crippen LogP contribution is -2.30. The summed E-state index contributed by atoms with van der Waals surface area (Å²) < 4.78 is 5.21. The van der Waals surface area contributed by atoms with E-state index in [2.05, 4.69) is 11.6 Å². The van der Waals surface area contributed by atoms with E-state index < -0.39 is 5.91 Å². The molecule has 4 rings (SSSR count). The quantitative estimate of drug-likeness (QED) is 0.697. The highest BCUT2D eigenvalue weighted by Gasteiger charge is 2.29. The monoisotopic (exact) mass is 373 g/mol. The maximum absolute atomic E-state index is 12.7. The summed E-state index contributed by atoms with van der Waals surface area (Å²) in [5.74, 6) is -0.175. The molecule has 0 unspecified atom stereocenters. The average molecular weight is 373 g/mol. The van der Waals surface area contributed by atoms with Crippen LogP contribution < -0.4 is 10.5 Å². The van der Waals surface area contributed by atoms with Crippen LogP contribution in [0.15, 0.2) is 60.7 Å². The van der Waals surface area contributed by atoms with Crippen LogP contribution in [0.25, 0.3) is 22.0 Å². The second-order valence-corrected chi connectivity index (χ2v) is 6.72. The van der Waals surface area contributed by atoms with E-state index >= 15 is 0 Å². The van der Waals surface area contributed by atoms with Crippen LogP contribution >= 0.6 is 0 Å². The highest BCUT2D eigenvalue weighted by atomic mass is 16.5. The van der Waals surface area contributed by atoms with Crippen molar-refractivity contribution in [2.24, 2.45) is 5.73 Å². The van der Waals surface area contributed by atoms with E-state index in [4.69, 9.17) is 10.5 Å². The zero-order valence-corrected chi connectivity index (χ0v) is 15.4. The first-order chi connectivity index (χ1) is 13.5. The van der Waals surface area contributed by atoms with Gasteiger partial charge in [0.25, 0.3) is 5.91 Å². The summed E-state index contributed by atoms with van der Waals surface area (Å²) in [6, 6.07) is 15.4. The molecule has 2 N–H and O–H groups in total. The summed E-state index contributed by atoms with van der Waals surface area (Å²) in [7, 11) is 1.58. The zero-order chi connectivity index (χ0) is 19.8. The molecule has 1 aliphatic heterocycles. The van der Waals surface area contributed by atoms with Crippen molar-refractivity contribution in [2.45, 2.75) is 6.54 Å². The third-order valence-electron chi connectivity index (χ3n) is 4.96. The molecule has 6 heteroatoms. The fourth-order valence-electron chi connectivity index (χ4n) is 3.47. The van der Waals surface area contributed by atoms with Gasteiger partial charge in [0.15, 0.2) is 0 Å². The van der Waals surface area contributed by atoms with Crippen LogP contribution in [0.5, 0.6) is 5.88 Å². The van der Waals surface area contributed by atoms with Gasteiger partial charge in [-0.3, -0.25) is 9.59 Å². The number of hydrogen-bond acceptors (Lipinski definition) is 4. The SMILES string of the molecule is C=C(CN1Cc2c(ccc3ccc(-c4cccc(OC)n4)cc23)C1=O)C(N)=O. The number of carbonyl (C=O) groups excluding carboxylic acids is 2. The highest BCUT2D eigenvalue weighted by Crippen LogP contribution is 2.33. The molecule has 0 radical (unpaired) electrons. The van der Waals surface area contributed by atoms with Gasteiger partial charge in [-0.2, -0.15) is 0 Å². The number of primary amides is 1. The van der Waals surface area contributed by atoms with Crippen molar-refractivity contribution >= 4 is 22.6 Å². The normalized spacial score (nSPS) is 12.9. The van der Waals surface area contributed by atoms with E-state index in [0.717, 1.165) is 27.6 Å². The minimum atomic E-state index is -0.597. The van der Waals surface area contributed by atoms with Crippen LogP contribution in [0.3, 0.4) is 0 Å². The average Bonchev–Trinajstić information content (AvgIpc) is 3.03. The first-order valence-electron chi connectivity index (χ1n) is 8.82. The number of hydrogen-bond donors (Lipinski definition) is 1. The Morgan fingerprint density at radius 2 is 2.04 bits per heavy atom. The molecule has 140 valence electrons. The Bertz CT molecular complexity index is 1140. The molecule has 0 aliphatic carbocycles. The Hall–Kier alpha value is -3.67. The summed E-state index contributed by atoms with van der Waals surface area (Å²) in [5, 5.41) is 2.02. The van der Waals surface area contributed by atoms with Gasteiger partial charge < -0.3 is 15.4 Å². The van der Waals surface area contributed by atoms with Crippen molar-refractivity contribution in [1.29, 1.82) is 0 Å². The summed E-state index contributed by atoms with van der Waals surface area (Å²) in [6.07, 6.45) is 0. The third kappa shape index (κ3) is 2.99. The van der Waals surface area contributed by atoms with Gasteiger partial charge in [0, 0.05) is 29.3 Å². The number of methoxy groups -OCH3 is 1. The summed E-state index contributed by atoms with van der Waals surface area (Å²) in [4.78, 5) is 30.1. The smallest absolute Gasteiger partial charge is 0.254 e. The van der Waals surface area contributed by atoms with Gasteiger partial charge in [-0.25, -0.2) is 4.98 Å². The Kier molecular flexibility index (Phi) is 4.31. The molecule has 1 aliphatic rings. The molecule has 0 atom stereocenters. The number of nitrogens with two attached hydrogens (primary N) is 1. The van der Waals surface area contributed by atoms with Crippen LogP contribution in [0.2, 0.25) is 0 Å². The number of nitrogens with zero attached hydrogens (tertiary/aromatic N) is 2. The fourth-order valence-corrected chi connectivity index (χ4v) is 3.47. The standard InChI is InChI=1S/C22H19N3O3/c1-13(21(23)26)11-25-12-18-16(22(25)27)9-8-14-6-7-15(10-17(14)18)19-4-3-5-20(24-19)28-2/h3-10H,1,11-12H2,2H3,(H2,23,26). The van der Waals surface area contributed by atoms with Gasteiger partial charge in [0.2, 0.25) is 11.8 Å². The van der Waals surface area contributed by atoms with Gasteiger partial charge in [0.05, 0.1) is 19.3 Å². The van der Waals surface area contributed by atoms with Crippen LogP contribution in [0, 0.1) is 0 Å². The second kappa shape index (κ2) is 6.81. The molecule has 28 heavy (non-hydrogen) atoms. The lowest BCUT2D eigenvalue weighted by Gasteiger charge is -2.15. The highest BCUT2D eigenvalue weighted by molar-refractivity contribution is 6.05. The molecular weight excluding hydrogens is 354 g/mol. The van der Waals surface area contributed by atoms with E-state index in [1.54, 1.807) is 18.1 Å². The molecule has 1 aromatic heterocycles. The van der Waals surface area contributed by atoms with E-state index in [9.17, 15) is 9.59 Å². The lowest BCUT2D eigenvalue weighted by molar-refractivity contribution is -0.114. The Morgan fingerprint density at radius 1 is 1.25 bits per heavy atom. The Balaban J connectivity index is 1.76. The first-order valence-corrected chi connectivity index (χ1v) is 8.82. The molecule has 2 heterocycles. The van der Waals surface area contributed by atoms with Gasteiger partial charge in [0.1, 0.15) is 0 Å². The van der Waals surface area contributed by atoms with E-state index in [1.165, 1.54) is 0 Å². The maximum atomic E-state index is 12.7. The second-order valence-electron chi connectivity index (χ2n) is 6.72. The predicted molar refractivity (Wildman–Crippen MR) is 107 cm³/mol. The molecule has 0 saturated heterocycles. The topological polar surface area (TPSA) is 85.5 Å². The largest absolute Gasteiger partial charge is 0.481 e. The van der Waals surface area contributed by atoms with Crippen molar-refractivity contribution in [2.75, 3.05) is 13.7 Å². The fraction of sp³-hybridized carbons (Fsp3) is 0.136. The number of benzene rings is 2. The third-order valence-corrected chi connectivity index (χ3v) is 4.96. The van der Waals surface area contributed by atoms with Crippen LogP contribution in [0.4, 0.5) is 0 Å². The molecule has 2 amide bonds. The minimum Gasteiger partial charge on any atom is -0.481 e. The van der Waals surface area contributed by atoms with Crippen molar-refractivity contribution in [3.63, 3.8) is 0 Å². The number of rotatable bonds is 5. The van der Waals surface area contributed by atoms with Gasteiger partial charge >= 0.3 is 0 Å². The van der Waals surface area contributed by atoms with Crippen molar-refractivity contribution in [3.05, 3.63) is 71.8 Å². The molecule has 0 bridgehead atoms. The number of amides is 2. The van der Waals surface area contributed by atoms with Crippen molar-refractivity contribution in [3.8, 4) is 17.1 Å². The van der Waals surface area contributed by atoms with Crippen LogP contribution in [-0.2, 0) is 11.3 Å². The lowest BCUT2D eigenvalue weighted by atomic mass is 9.98. The van der Waals surface area contributed by atoms with Gasteiger partial charge in [-0.15, -0.1) is 0 Å². The summed E-state index contributed by atoms with van der Waals surface area (Å²) in [5.41, 5.74) is 8.79. The summed E-state index contributed by atoms with van der Waals surface area (Å²) in [6.45, 7) is 4.19. The van der Waals surface area contributed by atoms with E-state index in [1.807, 2.05) is 42.5 Å². The molecular formula is C22H19N3O3. The number of pyridine rings is 1. The Morgan fingerprint density at radius 3 is 2.79 bits per heavy atom. The summed E-state index contributed by atoms with van der Waals surface area (Å²) >= 11 is 0. The molecule has 2 aromatic carbocycles. The van der Waals surface area contributed by atoms with Crippen molar-refractivity contribution in [1.82, 2.24) is 9.88 Å². The van der Waals surface area contributed by atoms with E-state index in [0.29, 0.717) is 18.0 Å². The van der Waals surface area contributed by atoms with Gasteiger partial charge in [-0.05, 0) is 34.5 Å². The number of ether oxygens (including phenoxy) is 1. The molecule has 0 fully saturated rings. The molecule has 0 spiro atoms. The van der Waals surface area contributed by atoms with Crippen LogP contribution in [-0.4, -0.2) is 35.4 Å². The Labute approximate surface area is 162 Å². The van der Waals surface area contributed by atoms with Crippen molar-refractivity contribution < 1.29 is 14.3 Å². The number of aromatic nitrogens is 1. The number of carbonyl (C=O) groups is 2. The van der Waals surface area contributed by atoms with Gasteiger partial charge in [-0.1, -0.05) is 30.8 Å². The van der Waals surface area contributed by atoms with Crippen LogP contribution in [0.1, 0.15) is 15.9 Å². The zero-order valence-electron chi connectivity index (χ0n) is 15.4. The maximum Gasteiger partial charge on any atom is 0.254 e. The molecule has 0 saturated carbocycles. The molecule has 6 nitrogen and oxygen atoms in total. The minimum absolute atomic E-state index is 0.121.